The second-order valence-electron chi connectivity index (χ2n) is 13.0. The number of hydrogen-bond donors (Lipinski definition) is 0. The van der Waals surface area contributed by atoms with Crippen molar-refractivity contribution < 1.29 is 8.78 Å². The minimum absolute atomic E-state index is 0.498. The summed E-state index contributed by atoms with van der Waals surface area (Å²) in [6.45, 7) is 7.80. The van der Waals surface area contributed by atoms with Gasteiger partial charge in [-0.05, 0) is 117 Å². The van der Waals surface area contributed by atoms with Crippen LogP contribution in [0.15, 0.2) is 12.1 Å². The summed E-state index contributed by atoms with van der Waals surface area (Å²) in [6.07, 6.45) is 16.7. The molecule has 1 heterocycles. The highest BCUT2D eigenvalue weighted by molar-refractivity contribution is 7.18. The maximum atomic E-state index is 13.6. The molecule has 1 nitrogen and oxygen atoms in total. The molecule has 34 heavy (non-hydrogen) atoms. The van der Waals surface area contributed by atoms with Crippen molar-refractivity contribution in [2.45, 2.75) is 97.8 Å². The van der Waals surface area contributed by atoms with Gasteiger partial charge in [-0.2, -0.15) is 0 Å². The van der Waals surface area contributed by atoms with Crippen molar-refractivity contribution >= 4 is 21.6 Å². The van der Waals surface area contributed by atoms with E-state index in [1.807, 2.05) is 0 Å². The third-order valence-corrected chi connectivity index (χ3v) is 12.7. The maximum absolute atomic E-state index is 13.6. The average Bonchev–Trinajstić information content (AvgIpc) is 3.37. The van der Waals surface area contributed by atoms with E-state index in [4.69, 9.17) is 0 Å². The second kappa shape index (κ2) is 8.53. The molecule has 4 aliphatic rings. The third-order valence-electron chi connectivity index (χ3n) is 11.6. The Morgan fingerprint density at radius 2 is 1.74 bits per heavy atom. The van der Waals surface area contributed by atoms with Crippen LogP contribution in [0.4, 0.5) is 8.78 Å². The van der Waals surface area contributed by atoms with Gasteiger partial charge in [-0.25, -0.2) is 13.8 Å². The lowest BCUT2D eigenvalue weighted by Crippen LogP contribution is -2.53. The van der Waals surface area contributed by atoms with E-state index in [9.17, 15) is 8.78 Å². The lowest BCUT2D eigenvalue weighted by atomic mass is 9.44. The molecule has 4 heteroatoms. The van der Waals surface area contributed by atoms with Gasteiger partial charge in [0.25, 0.3) is 0 Å². The predicted molar refractivity (Wildman–Crippen MR) is 137 cm³/mol. The number of halogens is 2. The molecule has 4 aliphatic carbocycles. The standard InChI is InChI=1S/C30H41F2NS/c1-18(7-12-28-33-26-16-24(31)25(32)17-27(26)34-28)21-10-11-22-20-9-8-19-6-4-5-14-29(19,2)23(20)13-15-30(21,22)3/h16-23H,4-15H2,1-3H3. The van der Waals surface area contributed by atoms with E-state index in [1.165, 1.54) is 87.7 Å². The van der Waals surface area contributed by atoms with E-state index in [1.54, 1.807) is 0 Å². The normalized spacial score (nSPS) is 40.6. The fraction of sp³-hybridized carbons (Fsp3) is 0.767. The monoisotopic (exact) mass is 485 g/mol. The van der Waals surface area contributed by atoms with Gasteiger partial charge >= 0.3 is 0 Å². The molecule has 0 saturated heterocycles. The smallest absolute Gasteiger partial charge is 0.161 e. The Labute approximate surface area is 208 Å². The van der Waals surface area contributed by atoms with Gasteiger partial charge in [0.15, 0.2) is 11.6 Å². The van der Waals surface area contributed by atoms with Crippen LogP contribution in [0.2, 0.25) is 0 Å². The molecule has 8 unspecified atom stereocenters. The molecule has 0 spiro atoms. The molecule has 2 aromatic rings. The summed E-state index contributed by atoms with van der Waals surface area (Å²) >= 11 is 1.53. The summed E-state index contributed by atoms with van der Waals surface area (Å²) < 4.78 is 28.0. The average molecular weight is 486 g/mol. The van der Waals surface area contributed by atoms with Crippen molar-refractivity contribution in [3.63, 3.8) is 0 Å². The van der Waals surface area contributed by atoms with Gasteiger partial charge in [0.05, 0.1) is 15.2 Å². The van der Waals surface area contributed by atoms with Gasteiger partial charge in [-0.1, -0.05) is 33.6 Å². The van der Waals surface area contributed by atoms with Crippen LogP contribution >= 0.6 is 11.3 Å². The lowest BCUT2D eigenvalue weighted by Gasteiger charge is -2.61. The van der Waals surface area contributed by atoms with Crippen molar-refractivity contribution in [3.05, 3.63) is 28.8 Å². The summed E-state index contributed by atoms with van der Waals surface area (Å²) in [7, 11) is 0. The van der Waals surface area contributed by atoms with Gasteiger partial charge in [0.1, 0.15) is 0 Å². The van der Waals surface area contributed by atoms with Gasteiger partial charge in [-0.3, -0.25) is 0 Å². The molecule has 0 aliphatic heterocycles. The summed E-state index contributed by atoms with van der Waals surface area (Å²) in [4.78, 5) is 4.62. The quantitative estimate of drug-likeness (QED) is 0.420. The molecular formula is C30H41F2NS. The summed E-state index contributed by atoms with van der Waals surface area (Å²) in [5.74, 6) is 3.77. The van der Waals surface area contributed by atoms with E-state index >= 15 is 0 Å². The third kappa shape index (κ3) is 3.59. The Morgan fingerprint density at radius 1 is 0.941 bits per heavy atom. The Balaban J connectivity index is 1.15. The number of fused-ring (bicyclic) bond motifs is 6. The van der Waals surface area contributed by atoms with Gasteiger partial charge in [-0.15, -0.1) is 11.3 Å². The Bertz CT molecular complexity index is 1020. The van der Waals surface area contributed by atoms with E-state index in [-0.39, 0.29) is 0 Å². The number of aryl methyl sites for hydroxylation is 1. The van der Waals surface area contributed by atoms with Gasteiger partial charge in [0, 0.05) is 6.07 Å². The zero-order valence-corrected chi connectivity index (χ0v) is 22.0. The molecule has 1 aromatic carbocycles. The van der Waals surface area contributed by atoms with Crippen molar-refractivity contribution in [1.82, 2.24) is 4.98 Å². The first-order valence-electron chi connectivity index (χ1n) is 14.0. The number of hydrogen-bond acceptors (Lipinski definition) is 2. The van der Waals surface area contributed by atoms with E-state index in [0.29, 0.717) is 22.3 Å². The first kappa shape index (κ1) is 23.4. The van der Waals surface area contributed by atoms with Crippen LogP contribution in [0.3, 0.4) is 0 Å². The molecule has 0 radical (unpaired) electrons. The molecule has 8 atom stereocenters. The molecule has 0 amide bonds. The van der Waals surface area contributed by atoms with Crippen LogP contribution in [0.25, 0.3) is 10.2 Å². The maximum Gasteiger partial charge on any atom is 0.161 e. The SMILES string of the molecule is CC(CCc1nc2cc(F)c(F)cc2s1)C1CCC2C3CCC4CCCCC4(C)C3CCC12C. The van der Waals surface area contributed by atoms with E-state index < -0.39 is 11.6 Å². The van der Waals surface area contributed by atoms with Crippen molar-refractivity contribution in [2.75, 3.05) is 0 Å². The summed E-state index contributed by atoms with van der Waals surface area (Å²) in [6, 6.07) is 2.55. The highest BCUT2D eigenvalue weighted by Gasteiger charge is 2.60. The fourth-order valence-corrected chi connectivity index (χ4v) is 10.9. The predicted octanol–water partition coefficient (Wildman–Crippen LogP) is 9.19. The lowest BCUT2D eigenvalue weighted by molar-refractivity contribution is -0.114. The van der Waals surface area contributed by atoms with Crippen LogP contribution in [0, 0.1) is 58.0 Å². The summed E-state index contributed by atoms with van der Waals surface area (Å²) in [5, 5.41) is 1.03. The molecule has 0 bridgehead atoms. The Morgan fingerprint density at radius 3 is 2.59 bits per heavy atom. The van der Waals surface area contributed by atoms with Crippen LogP contribution in [0.1, 0.15) is 96.4 Å². The first-order chi connectivity index (χ1) is 16.3. The zero-order chi connectivity index (χ0) is 23.7. The largest absolute Gasteiger partial charge is 0.241 e. The molecule has 0 N–H and O–H groups in total. The van der Waals surface area contributed by atoms with Crippen LogP contribution in [0.5, 0.6) is 0 Å². The number of thiazole rings is 1. The van der Waals surface area contributed by atoms with E-state index in [0.717, 1.165) is 52.1 Å². The molecular weight excluding hydrogens is 444 g/mol. The molecule has 1 aromatic heterocycles. The highest BCUT2D eigenvalue weighted by Crippen LogP contribution is 2.68. The van der Waals surface area contributed by atoms with Crippen LogP contribution in [-0.2, 0) is 6.42 Å². The Hall–Kier alpha value is -1.03. The van der Waals surface area contributed by atoms with Crippen molar-refractivity contribution in [3.8, 4) is 0 Å². The van der Waals surface area contributed by atoms with Gasteiger partial charge < -0.3 is 0 Å². The number of benzene rings is 1. The molecule has 4 saturated carbocycles. The second-order valence-corrected chi connectivity index (χ2v) is 14.1. The first-order valence-corrected chi connectivity index (χ1v) is 14.9. The van der Waals surface area contributed by atoms with E-state index in [2.05, 4.69) is 25.8 Å². The molecule has 186 valence electrons. The molecule has 4 fully saturated rings. The van der Waals surface area contributed by atoms with Crippen LogP contribution < -0.4 is 0 Å². The van der Waals surface area contributed by atoms with Crippen LogP contribution in [-0.4, -0.2) is 4.98 Å². The molecule has 6 rings (SSSR count). The minimum atomic E-state index is -0.797. The number of aromatic nitrogens is 1. The topological polar surface area (TPSA) is 12.9 Å². The number of nitrogens with zero attached hydrogens (tertiary/aromatic N) is 1. The number of rotatable bonds is 4. The van der Waals surface area contributed by atoms with Crippen molar-refractivity contribution in [1.29, 1.82) is 0 Å². The minimum Gasteiger partial charge on any atom is -0.241 e. The van der Waals surface area contributed by atoms with Gasteiger partial charge in [0.2, 0.25) is 0 Å². The Kier molecular flexibility index (Phi) is 5.86. The highest BCUT2D eigenvalue weighted by atomic mass is 32.1. The van der Waals surface area contributed by atoms with Crippen molar-refractivity contribution in [2.24, 2.45) is 46.3 Å². The zero-order valence-electron chi connectivity index (χ0n) is 21.2. The summed E-state index contributed by atoms with van der Waals surface area (Å²) in [5.41, 5.74) is 1.72. The fourth-order valence-electron chi connectivity index (χ4n) is 9.90.